The molecule has 3 radical (unpaired) electrons. The van der Waals surface area contributed by atoms with Crippen molar-refractivity contribution < 1.29 is 192 Å². The van der Waals surface area contributed by atoms with Crippen LogP contribution in [0.1, 0.15) is 174 Å². The molecule has 3 aliphatic carbocycles. The minimum absolute atomic E-state index is 0. The number of rotatable bonds is 8. The number of carboxylic acids is 1. The minimum Gasteiger partial charge on any atom is -1.00 e. The zero-order chi connectivity index (χ0) is 83.1. The van der Waals surface area contributed by atoms with Gasteiger partial charge >= 0.3 is 75.6 Å². The first-order chi connectivity index (χ1) is 49.6. The molecule has 0 spiro atoms. The second kappa shape index (κ2) is 55.3. The van der Waals surface area contributed by atoms with Crippen molar-refractivity contribution in [2.24, 2.45) is 23.5 Å². The summed E-state index contributed by atoms with van der Waals surface area (Å²) in [5.74, 6) is -15.0. The molecule has 12 fully saturated rings. The number of aliphatic hydroxyl groups excluding tert-OH is 5. The Labute approximate surface area is 663 Å². The number of nitrogens with one attached hydrogen (secondary N) is 1. The first kappa shape index (κ1) is 111. The zero-order valence-corrected chi connectivity index (χ0v) is 67.3. The number of aliphatic hydroxyl groups is 5. The first-order valence-corrected chi connectivity index (χ1v) is 36.1. The van der Waals surface area contributed by atoms with Crippen molar-refractivity contribution in [1.29, 1.82) is 0 Å². The second-order valence-corrected chi connectivity index (χ2v) is 27.3. The summed E-state index contributed by atoms with van der Waals surface area (Å²) in [5, 5.41) is 49.6. The number of nitrogens with zero attached hydrogens (tertiary/aromatic N) is 3. The second-order valence-electron chi connectivity index (χ2n) is 26.4. The van der Waals surface area contributed by atoms with Gasteiger partial charge in [0.25, 0.3) is 17.7 Å². The number of halogens is 7. The van der Waals surface area contributed by atoms with Gasteiger partial charge in [-0.25, -0.2) is 9.18 Å². The van der Waals surface area contributed by atoms with E-state index in [9.17, 15) is 78.7 Å². The van der Waals surface area contributed by atoms with Gasteiger partial charge in [0.15, 0.2) is 6.17 Å². The third kappa shape index (κ3) is 41.6. The molecule has 9 saturated heterocycles. The van der Waals surface area contributed by atoms with Crippen LogP contribution in [0.3, 0.4) is 0 Å². The molecule has 32 nitrogen and oxygen atoms in total. The Morgan fingerprint density at radius 2 is 1.10 bits per heavy atom. The SMILES string of the molecule is C.C1CCOC1.C1CCOC1.CC1(C)OC[C@H]2CC(F)(F)C(=O)N21.CC1(C)OC[C@H]2CC(F)C(=O)N21.CC1(C)OC[C@H]2CCC(=O)N21.CO.CO.COC(=O)C(F)(F)C[C@@H](N)CO.COC(=O)[C@H]1CCC(=O)C1.O=C1CC[C@H](C(=O)O)C1.O=C1CC[C@H](CO)C1.O=C1N[C@@H](CO)CC1(F)F.O=S(=O)(O)O.[2H]CP.[B].[H-].[Na+]. The van der Waals surface area contributed by atoms with Crippen LogP contribution < -0.4 is 40.6 Å². The van der Waals surface area contributed by atoms with E-state index in [1.807, 2.05) is 24.1 Å². The van der Waals surface area contributed by atoms with Crippen LogP contribution >= 0.6 is 9.24 Å². The van der Waals surface area contributed by atoms with Gasteiger partial charge in [-0.3, -0.25) is 52.3 Å². The molecule has 3 saturated carbocycles. The summed E-state index contributed by atoms with van der Waals surface area (Å²) in [5.41, 5.74) is 3.18. The molecule has 2 unspecified atom stereocenters. The maximum absolute atomic E-state index is 13.0. The van der Waals surface area contributed by atoms with E-state index in [-0.39, 0.29) is 114 Å². The Morgan fingerprint density at radius 1 is 0.679 bits per heavy atom. The van der Waals surface area contributed by atoms with Crippen molar-refractivity contribution in [2.75, 3.05) is 101 Å². The maximum atomic E-state index is 13.0. The number of hydrogen-bond acceptors (Lipinski definition) is 25. The number of carbonyl (C=O) groups is 10. The molecule has 11 N–H and O–H groups in total. The monoisotopic (exact) mass is 1640 g/mol. The molecule has 12 aliphatic rings. The molecular formula is C66H118BF7N5NaO27PS. The Bertz CT molecular complexity index is 2850. The molecule has 0 aromatic carbocycles. The molecule has 0 aromatic heterocycles. The molecular weight excluding hydrogens is 1520 g/mol. The van der Waals surface area contributed by atoms with Crippen molar-refractivity contribution in [3.63, 3.8) is 0 Å². The van der Waals surface area contributed by atoms with Crippen LogP contribution in [-0.4, -0.2) is 303 Å². The molecule has 43 heteroatoms. The van der Waals surface area contributed by atoms with E-state index in [2.05, 4.69) is 18.7 Å². The third-order valence-corrected chi connectivity index (χ3v) is 17.0. The summed E-state index contributed by atoms with van der Waals surface area (Å²) in [6.45, 7) is 15.8. The number of fused-ring (bicyclic) bond motifs is 3. The Morgan fingerprint density at radius 3 is 1.40 bits per heavy atom. The Kier molecular flexibility index (Phi) is 56.3. The fraction of sp³-hybridized carbons (Fsp3) is 0.848. The molecule has 109 heavy (non-hydrogen) atoms. The summed E-state index contributed by atoms with van der Waals surface area (Å²) >= 11 is 0. The van der Waals surface area contributed by atoms with Crippen molar-refractivity contribution in [3.8, 4) is 0 Å². The molecule has 9 heterocycles. The van der Waals surface area contributed by atoms with Gasteiger partial charge < -0.3 is 91.0 Å². The largest absolute Gasteiger partial charge is 1.00 e. The number of methoxy groups -OCH3 is 2. The number of carbonyl (C=O) groups excluding carboxylic acids is 9. The molecule has 4 amide bonds. The zero-order valence-electron chi connectivity index (χ0n) is 65.4. The van der Waals surface area contributed by atoms with Gasteiger partial charge in [0.1, 0.15) is 34.5 Å². The molecule has 0 aromatic rings. The van der Waals surface area contributed by atoms with Gasteiger partial charge in [0, 0.05) is 134 Å². The fourth-order valence-corrected chi connectivity index (χ4v) is 11.8. The summed E-state index contributed by atoms with van der Waals surface area (Å²) in [6, 6.07) is -2.01. The van der Waals surface area contributed by atoms with E-state index in [0.717, 1.165) is 72.1 Å². The summed E-state index contributed by atoms with van der Waals surface area (Å²) < 4.78 is 161. The van der Waals surface area contributed by atoms with Crippen LogP contribution in [-0.2, 0) is 91.5 Å². The van der Waals surface area contributed by atoms with Crippen LogP contribution in [0.5, 0.6) is 0 Å². The number of ketones is 3. The molecule has 0 bridgehead atoms. The smallest absolute Gasteiger partial charge is 1.00 e. The predicted octanol–water partition coefficient (Wildman–Crippen LogP) is 0.769. The van der Waals surface area contributed by atoms with E-state index in [0.29, 0.717) is 82.9 Å². The summed E-state index contributed by atoms with van der Waals surface area (Å²) in [4.78, 5) is 112. The average Bonchev–Trinajstić information content (AvgIpc) is 1.60. The number of aliphatic carboxylic acids is 1. The number of Topliss-reactive ketones (excluding diaryl/α,β-unsaturated/α-hetero) is 3. The quantitative estimate of drug-likeness (QED) is 0.0527. The van der Waals surface area contributed by atoms with Gasteiger partial charge in [-0.15, -0.1) is 9.24 Å². The molecule has 633 valence electrons. The van der Waals surface area contributed by atoms with E-state index in [1.54, 1.807) is 27.7 Å². The van der Waals surface area contributed by atoms with E-state index in [4.69, 9.17) is 79.0 Å². The summed E-state index contributed by atoms with van der Waals surface area (Å²) in [7, 11) is 1.79. The topological polar surface area (TPSA) is 479 Å². The molecule has 10 atom stereocenters. The number of nitrogens with two attached hydrogens (primary N) is 1. The number of esters is 2. The van der Waals surface area contributed by atoms with Gasteiger partial charge in [-0.2, -0.15) is 34.8 Å². The normalized spacial score (nSPS) is 25.9. The number of amides is 4. The van der Waals surface area contributed by atoms with Crippen molar-refractivity contribution >= 4 is 86.9 Å². The van der Waals surface area contributed by atoms with Crippen molar-refractivity contribution in [2.45, 2.75) is 242 Å². The van der Waals surface area contributed by atoms with E-state index < -0.39 is 132 Å². The third-order valence-electron chi connectivity index (χ3n) is 17.0. The average molecular weight is 1640 g/mol. The number of carboxylic acid groups (broad SMARTS) is 1. The number of hydrogen-bond donors (Lipinski definition) is 10. The molecule has 12 rings (SSSR count). The van der Waals surface area contributed by atoms with Crippen molar-refractivity contribution in [1.82, 2.24) is 20.0 Å². The standard InChI is InChI=1S/C8H11F2NO2.C8H12FNO2.C8H13NO2.C7H10O3.C6H11F2NO3.C6H8O3.C6H10O2.C5H7F2NO2.2C4H8O.2CH4O.CH5P.CH4.B.Na.H2O4S.H/c1-7(2)11-5(4-13-7)3-8(9,10)6(11)12;1-8(2)10-5(4-12-8)3-6(9)7(10)11;1-8(2)9-6(5-11-8)3-4-7(9)10;1-10-7(9)5-2-3-6(8)4-5;1-12-5(11)6(7,8)2-4(9)3-10;7-5-2-1-4(3-5)6(8)9;7-4-5-1-2-6(8)3-5;6-5(7)1-3(2-9)8-4(5)10;2*1-2-4-5-3-1;3*1-2;;;;1-5(2,3)4;/h5H,3-4H2,1-2H3;5-6H,3-4H2,1-2H3;6H,3-5H2,1-2H3;5H,2-4H2,1H3;4,10H,2-3,9H2,1H3;4H,1-3H2,(H,8,9);5,7H,1-4H2;3,9H,1-2H2,(H,8,10);2*1-4H2;2*2H,1H3;2H2,1H3;1H4;;;(H2,1,2,3,4);/q;;;;;;;;;;;;;;;+1;;-1/t5-;5-,6?;6-;5-;2*4-;5-;3-;;;;;;;;;;/m11101001........../s1/i;;;;;;;;;;;;1D;;;;;. The molecule has 9 aliphatic heterocycles. The Balaban J connectivity index is -0.000000273. The van der Waals surface area contributed by atoms with Gasteiger partial charge in [-0.1, -0.05) is 14.1 Å². The van der Waals surface area contributed by atoms with Crippen LogP contribution in [0.2, 0.25) is 0 Å². The summed E-state index contributed by atoms with van der Waals surface area (Å²) in [6.07, 6.45) is 8.89. The van der Waals surface area contributed by atoms with Crippen LogP contribution in [0.4, 0.5) is 30.7 Å². The van der Waals surface area contributed by atoms with Gasteiger partial charge in [0.05, 0.1) is 83.3 Å². The Hall–Kier alpha value is -4.27. The first-order valence-electron chi connectivity index (χ1n) is 34.6. The number of alkyl halides is 7. The van der Waals surface area contributed by atoms with Crippen LogP contribution in [0.25, 0.3) is 0 Å². The number of ether oxygens (including phenoxy) is 7. The van der Waals surface area contributed by atoms with Gasteiger partial charge in [0.2, 0.25) is 5.91 Å². The fourth-order valence-electron chi connectivity index (χ4n) is 11.8. The van der Waals surface area contributed by atoms with Gasteiger partial charge in [-0.05, 0) is 98.8 Å². The van der Waals surface area contributed by atoms with Crippen molar-refractivity contribution in [3.05, 3.63) is 0 Å². The van der Waals surface area contributed by atoms with E-state index in [1.165, 1.54) is 37.7 Å². The van der Waals surface area contributed by atoms with Crippen LogP contribution in [0, 0.1) is 17.8 Å². The minimum atomic E-state index is -4.67. The predicted molar refractivity (Wildman–Crippen MR) is 379 cm³/mol. The maximum Gasteiger partial charge on any atom is 1.00 e. The van der Waals surface area contributed by atoms with Crippen LogP contribution in [0.15, 0.2) is 0 Å². The van der Waals surface area contributed by atoms with E-state index >= 15 is 0 Å².